The lowest BCUT2D eigenvalue weighted by Crippen LogP contribution is -2.32. The fraction of sp³-hybridized carbons (Fsp3) is 0.227. The van der Waals surface area contributed by atoms with Gasteiger partial charge in [0.1, 0.15) is 5.75 Å². The monoisotopic (exact) mass is 379 g/mol. The molecule has 6 heteroatoms. The van der Waals surface area contributed by atoms with Crippen molar-refractivity contribution < 1.29 is 14.3 Å². The number of amides is 2. The number of methoxy groups -OCH3 is 1. The number of ether oxygens (including phenoxy) is 1. The summed E-state index contributed by atoms with van der Waals surface area (Å²) in [5.41, 5.74) is 5.87. The molecule has 146 valence electrons. The molecule has 0 fully saturated rings. The highest BCUT2D eigenvalue weighted by molar-refractivity contribution is 6.39. The molecule has 2 N–H and O–H groups in total. The van der Waals surface area contributed by atoms with E-state index in [2.05, 4.69) is 41.8 Å². The van der Waals surface area contributed by atoms with Gasteiger partial charge in [-0.1, -0.05) is 44.2 Å². The van der Waals surface area contributed by atoms with Crippen LogP contribution in [-0.4, -0.2) is 25.1 Å². The molecule has 2 aromatic rings. The number of hydrazone groups is 1. The van der Waals surface area contributed by atoms with Crippen LogP contribution in [-0.2, 0) is 9.59 Å². The molecule has 2 amide bonds. The van der Waals surface area contributed by atoms with Crippen LogP contribution < -0.4 is 15.5 Å². The summed E-state index contributed by atoms with van der Waals surface area (Å²) < 4.78 is 5.04. The van der Waals surface area contributed by atoms with E-state index >= 15 is 0 Å². The van der Waals surface area contributed by atoms with E-state index in [0.29, 0.717) is 17.4 Å². The molecule has 0 spiro atoms. The maximum atomic E-state index is 11.9. The van der Waals surface area contributed by atoms with Crippen LogP contribution >= 0.6 is 0 Å². The Bertz CT molecular complexity index is 867. The minimum absolute atomic E-state index is 0.486. The van der Waals surface area contributed by atoms with Crippen molar-refractivity contribution in [2.24, 2.45) is 5.10 Å². The number of nitrogens with zero attached hydrogens (tertiary/aromatic N) is 1. The molecule has 2 rings (SSSR count). The van der Waals surface area contributed by atoms with Gasteiger partial charge in [0.05, 0.1) is 13.3 Å². The van der Waals surface area contributed by atoms with Crippen molar-refractivity contribution >= 4 is 29.8 Å². The number of hydrogen-bond acceptors (Lipinski definition) is 4. The molecule has 0 aliphatic heterocycles. The van der Waals surface area contributed by atoms with Crippen LogP contribution in [0.1, 0.15) is 37.8 Å². The number of allylic oxidation sites excluding steroid dienone is 1. The van der Waals surface area contributed by atoms with Gasteiger partial charge in [-0.3, -0.25) is 9.59 Å². The van der Waals surface area contributed by atoms with Crippen molar-refractivity contribution in [3.63, 3.8) is 0 Å². The molecule has 2 aromatic carbocycles. The van der Waals surface area contributed by atoms with Crippen LogP contribution in [0.2, 0.25) is 0 Å². The predicted molar refractivity (Wildman–Crippen MR) is 112 cm³/mol. The van der Waals surface area contributed by atoms with Gasteiger partial charge in [-0.05, 0) is 53.8 Å². The molecule has 0 aromatic heterocycles. The van der Waals surface area contributed by atoms with E-state index in [1.807, 2.05) is 25.1 Å². The fourth-order valence-electron chi connectivity index (χ4n) is 2.38. The lowest BCUT2D eigenvalue weighted by Gasteiger charge is -2.05. The fourth-order valence-corrected chi connectivity index (χ4v) is 2.38. The largest absolute Gasteiger partial charge is 0.497 e. The Labute approximate surface area is 165 Å². The Morgan fingerprint density at radius 2 is 1.64 bits per heavy atom. The lowest BCUT2D eigenvalue weighted by atomic mass is 10.0. The first kappa shape index (κ1) is 20.9. The number of hydrogen-bond donors (Lipinski definition) is 2. The van der Waals surface area contributed by atoms with Gasteiger partial charge in [0, 0.05) is 5.69 Å². The zero-order valence-electron chi connectivity index (χ0n) is 16.5. The predicted octanol–water partition coefficient (Wildman–Crippen LogP) is 3.96. The van der Waals surface area contributed by atoms with Crippen LogP contribution in [0.4, 0.5) is 5.69 Å². The Balaban J connectivity index is 1.87. The summed E-state index contributed by atoms with van der Waals surface area (Å²) in [6.07, 6.45) is 3.44. The second kappa shape index (κ2) is 10.1. The van der Waals surface area contributed by atoms with Gasteiger partial charge in [-0.25, -0.2) is 5.43 Å². The molecule has 0 bridgehead atoms. The Kier molecular flexibility index (Phi) is 7.51. The summed E-state index contributed by atoms with van der Waals surface area (Å²) in [7, 11) is 1.55. The van der Waals surface area contributed by atoms with E-state index in [1.165, 1.54) is 11.8 Å². The number of benzene rings is 2. The van der Waals surface area contributed by atoms with Crippen molar-refractivity contribution in [1.82, 2.24) is 5.43 Å². The summed E-state index contributed by atoms with van der Waals surface area (Å²) in [6.45, 7) is 6.16. The second-order valence-electron chi connectivity index (χ2n) is 6.59. The average molecular weight is 379 g/mol. The third-order valence-corrected chi connectivity index (χ3v) is 3.99. The van der Waals surface area contributed by atoms with Crippen LogP contribution in [0.3, 0.4) is 0 Å². The van der Waals surface area contributed by atoms with Gasteiger partial charge in [-0.2, -0.15) is 5.10 Å². The molecule has 0 unspecified atom stereocenters. The highest BCUT2D eigenvalue weighted by atomic mass is 16.5. The van der Waals surface area contributed by atoms with E-state index in [4.69, 9.17) is 4.74 Å². The van der Waals surface area contributed by atoms with Gasteiger partial charge < -0.3 is 10.1 Å². The Morgan fingerprint density at radius 1 is 1.00 bits per heavy atom. The minimum Gasteiger partial charge on any atom is -0.497 e. The van der Waals surface area contributed by atoms with E-state index in [9.17, 15) is 9.59 Å². The summed E-state index contributed by atoms with van der Waals surface area (Å²) in [4.78, 5) is 23.7. The van der Waals surface area contributed by atoms with Crippen molar-refractivity contribution in [2.75, 3.05) is 12.4 Å². The number of anilines is 1. The highest BCUT2D eigenvalue weighted by Crippen LogP contribution is 2.16. The van der Waals surface area contributed by atoms with Crippen molar-refractivity contribution in [3.8, 4) is 5.75 Å². The topological polar surface area (TPSA) is 79.8 Å². The zero-order valence-corrected chi connectivity index (χ0v) is 16.5. The third kappa shape index (κ3) is 6.39. The van der Waals surface area contributed by atoms with Gasteiger partial charge in [0.2, 0.25) is 0 Å². The maximum Gasteiger partial charge on any atom is 0.329 e. The first-order valence-electron chi connectivity index (χ1n) is 8.95. The van der Waals surface area contributed by atoms with Crippen LogP contribution in [0.25, 0.3) is 6.08 Å². The number of nitrogens with one attached hydrogen (secondary N) is 2. The van der Waals surface area contributed by atoms with Crippen molar-refractivity contribution in [1.29, 1.82) is 0 Å². The van der Waals surface area contributed by atoms with E-state index in [-0.39, 0.29) is 0 Å². The van der Waals surface area contributed by atoms with Gasteiger partial charge in [0.25, 0.3) is 0 Å². The molecule has 0 radical (unpaired) electrons. The van der Waals surface area contributed by atoms with Gasteiger partial charge in [0.15, 0.2) is 0 Å². The Morgan fingerprint density at radius 3 is 2.21 bits per heavy atom. The number of carbonyl (C=O) groups excluding carboxylic acids is 2. The normalized spacial score (nSPS) is 11.5. The molecule has 6 nitrogen and oxygen atoms in total. The van der Waals surface area contributed by atoms with E-state index in [1.54, 1.807) is 31.4 Å². The quantitative estimate of drug-likeness (QED) is 0.453. The first-order chi connectivity index (χ1) is 13.4. The molecule has 0 saturated carbocycles. The average Bonchev–Trinajstić information content (AvgIpc) is 2.68. The summed E-state index contributed by atoms with van der Waals surface area (Å²) in [5, 5.41) is 6.32. The van der Waals surface area contributed by atoms with Crippen LogP contribution in [0.5, 0.6) is 5.75 Å². The SMILES string of the molecule is COc1ccc(NC(=O)C(=O)N/N=C\C(C)=C/c2ccc(C(C)C)cc2)cc1. The highest BCUT2D eigenvalue weighted by Gasteiger charge is 2.12. The Hall–Kier alpha value is -3.41. The van der Waals surface area contributed by atoms with Crippen LogP contribution in [0, 0.1) is 0 Å². The summed E-state index contributed by atoms with van der Waals surface area (Å²) in [6, 6.07) is 14.9. The summed E-state index contributed by atoms with van der Waals surface area (Å²) in [5.74, 6) is -0.498. The molecule has 0 atom stereocenters. The zero-order chi connectivity index (χ0) is 20.5. The molecular weight excluding hydrogens is 354 g/mol. The van der Waals surface area contributed by atoms with Gasteiger partial charge >= 0.3 is 11.8 Å². The molecule has 0 aliphatic rings. The number of rotatable bonds is 6. The van der Waals surface area contributed by atoms with Gasteiger partial charge in [-0.15, -0.1) is 0 Å². The second-order valence-corrected chi connectivity index (χ2v) is 6.59. The third-order valence-electron chi connectivity index (χ3n) is 3.99. The van der Waals surface area contributed by atoms with Crippen molar-refractivity contribution in [3.05, 3.63) is 65.2 Å². The molecule has 0 saturated heterocycles. The molecule has 28 heavy (non-hydrogen) atoms. The standard InChI is InChI=1S/C22H25N3O3/c1-15(2)18-7-5-17(6-8-18)13-16(3)14-23-25-22(27)21(26)24-19-9-11-20(28-4)12-10-19/h5-15H,1-4H3,(H,24,26)(H,25,27)/b16-13-,23-14-. The van der Waals surface area contributed by atoms with Crippen molar-refractivity contribution in [2.45, 2.75) is 26.7 Å². The minimum atomic E-state index is -0.846. The molecule has 0 aliphatic carbocycles. The van der Waals surface area contributed by atoms with Crippen LogP contribution in [0.15, 0.2) is 59.2 Å². The summed E-state index contributed by atoms with van der Waals surface area (Å²) >= 11 is 0. The first-order valence-corrected chi connectivity index (χ1v) is 8.95. The van der Waals surface area contributed by atoms with E-state index in [0.717, 1.165) is 11.1 Å². The maximum absolute atomic E-state index is 11.9. The molecular formula is C22H25N3O3. The van der Waals surface area contributed by atoms with E-state index < -0.39 is 11.8 Å². The molecule has 0 heterocycles. The number of carbonyl (C=O) groups is 2. The lowest BCUT2D eigenvalue weighted by molar-refractivity contribution is -0.136. The smallest absolute Gasteiger partial charge is 0.329 e.